The molecule has 1 aliphatic carbocycles. The zero-order valence-electron chi connectivity index (χ0n) is 20.0. The van der Waals surface area contributed by atoms with Gasteiger partial charge in [0.2, 0.25) is 10.0 Å². The summed E-state index contributed by atoms with van der Waals surface area (Å²) in [6.45, 7) is 2.53. The number of ether oxygens (including phenoxy) is 1. The SMILES string of the molecule is CC1(Cn2cc([C@H](NS(=O)(=O)C3CC3)C(F)(F)F)c3cc(F)c(-c4ccccc4C(F)(F)F)cc32)COC1. The van der Waals surface area contributed by atoms with Crippen LogP contribution in [0.2, 0.25) is 0 Å². The lowest BCUT2D eigenvalue weighted by Gasteiger charge is -2.38. The quantitative estimate of drug-likeness (QED) is 0.349. The Hall–Kier alpha value is -2.64. The van der Waals surface area contributed by atoms with Gasteiger partial charge in [-0.05, 0) is 36.6 Å². The minimum absolute atomic E-state index is 0.0429. The molecule has 38 heavy (non-hydrogen) atoms. The van der Waals surface area contributed by atoms with Gasteiger partial charge in [0.15, 0.2) is 0 Å². The molecule has 0 radical (unpaired) electrons. The van der Waals surface area contributed by atoms with Crippen LogP contribution in [0.15, 0.2) is 42.6 Å². The maximum absolute atomic E-state index is 15.4. The summed E-state index contributed by atoms with van der Waals surface area (Å²) in [6, 6.07) is 3.50. The first-order chi connectivity index (χ1) is 17.6. The van der Waals surface area contributed by atoms with Crippen LogP contribution in [-0.4, -0.2) is 37.6 Å². The Morgan fingerprint density at radius 1 is 1.08 bits per heavy atom. The van der Waals surface area contributed by atoms with Crippen LogP contribution in [0.5, 0.6) is 0 Å². The van der Waals surface area contributed by atoms with Crippen molar-refractivity contribution in [3.63, 3.8) is 0 Å². The Bertz CT molecular complexity index is 1490. The second-order valence-electron chi connectivity index (χ2n) is 10.2. The smallest absolute Gasteiger partial charge is 0.380 e. The molecule has 0 unspecified atom stereocenters. The summed E-state index contributed by atoms with van der Waals surface area (Å²) in [6.07, 6.45) is -8.30. The molecule has 2 heterocycles. The first-order valence-corrected chi connectivity index (χ1v) is 13.3. The van der Waals surface area contributed by atoms with Gasteiger partial charge in [-0.1, -0.05) is 25.1 Å². The molecule has 1 saturated carbocycles. The molecule has 1 aliphatic heterocycles. The number of sulfonamides is 1. The molecule has 2 fully saturated rings. The zero-order chi connectivity index (χ0) is 27.7. The number of hydrogen-bond donors (Lipinski definition) is 1. The lowest BCUT2D eigenvalue weighted by atomic mass is 9.88. The second kappa shape index (κ2) is 8.95. The summed E-state index contributed by atoms with van der Waals surface area (Å²) < 4.78 is 132. The third kappa shape index (κ3) is 5.03. The zero-order valence-corrected chi connectivity index (χ0v) is 20.8. The highest BCUT2D eigenvalue weighted by Crippen LogP contribution is 2.44. The third-order valence-corrected chi connectivity index (χ3v) is 8.77. The number of nitrogens with zero attached hydrogens (tertiary/aromatic N) is 1. The number of benzene rings is 2. The molecule has 0 spiro atoms. The molecular formula is C25H23F7N2O3S. The Kier molecular flexibility index (Phi) is 6.35. The number of nitrogens with one attached hydrogen (secondary N) is 1. The van der Waals surface area contributed by atoms with E-state index in [9.17, 15) is 34.8 Å². The van der Waals surface area contributed by atoms with Gasteiger partial charge in [0.05, 0.1) is 24.0 Å². The molecule has 1 atom stereocenters. The summed E-state index contributed by atoms with van der Waals surface area (Å²) in [5, 5.41) is -1.19. The Labute approximate surface area is 213 Å². The van der Waals surface area contributed by atoms with Crippen molar-refractivity contribution in [2.24, 2.45) is 5.41 Å². The number of fused-ring (bicyclic) bond motifs is 1. The number of alkyl halides is 6. The van der Waals surface area contributed by atoms with Crippen LogP contribution in [0.25, 0.3) is 22.0 Å². The summed E-state index contributed by atoms with van der Waals surface area (Å²) >= 11 is 0. The van der Waals surface area contributed by atoms with Gasteiger partial charge >= 0.3 is 12.4 Å². The molecule has 5 rings (SSSR count). The molecule has 5 nitrogen and oxygen atoms in total. The van der Waals surface area contributed by atoms with Crippen LogP contribution >= 0.6 is 0 Å². The predicted octanol–water partition coefficient (Wildman–Crippen LogP) is 6.19. The molecule has 206 valence electrons. The number of aromatic nitrogens is 1. The lowest BCUT2D eigenvalue weighted by Crippen LogP contribution is -2.43. The highest BCUT2D eigenvalue weighted by atomic mass is 32.2. The maximum atomic E-state index is 15.4. The Balaban J connectivity index is 1.71. The molecule has 2 aromatic carbocycles. The summed E-state index contributed by atoms with van der Waals surface area (Å²) in [5.74, 6) is -1.17. The van der Waals surface area contributed by atoms with Gasteiger partial charge in [-0.15, -0.1) is 0 Å². The number of rotatable bonds is 7. The van der Waals surface area contributed by atoms with Gasteiger partial charge in [-0.2, -0.15) is 31.1 Å². The summed E-state index contributed by atoms with van der Waals surface area (Å²) in [4.78, 5) is 0. The monoisotopic (exact) mass is 564 g/mol. The van der Waals surface area contributed by atoms with Crippen LogP contribution in [0, 0.1) is 11.2 Å². The van der Waals surface area contributed by atoms with Crippen molar-refractivity contribution < 1.29 is 43.9 Å². The van der Waals surface area contributed by atoms with E-state index < -0.39 is 67.2 Å². The van der Waals surface area contributed by atoms with Gasteiger partial charge in [0.1, 0.15) is 11.9 Å². The normalized spacial score (nSPS) is 18.9. The average Bonchev–Trinajstić information content (AvgIpc) is 3.60. The van der Waals surface area contributed by atoms with E-state index in [0.717, 1.165) is 36.5 Å². The van der Waals surface area contributed by atoms with Crippen LogP contribution in [-0.2, 0) is 27.5 Å². The fraction of sp³-hybridized carbons (Fsp3) is 0.440. The Morgan fingerprint density at radius 2 is 1.74 bits per heavy atom. The van der Waals surface area contributed by atoms with E-state index in [2.05, 4.69) is 0 Å². The van der Waals surface area contributed by atoms with Gasteiger partial charge < -0.3 is 9.30 Å². The highest BCUT2D eigenvalue weighted by Gasteiger charge is 2.48. The van der Waals surface area contributed by atoms with Crippen molar-refractivity contribution in [3.05, 3.63) is 59.5 Å². The molecule has 1 N–H and O–H groups in total. The molecule has 1 saturated heterocycles. The van der Waals surface area contributed by atoms with Crippen molar-refractivity contribution in [2.45, 2.75) is 50.0 Å². The summed E-state index contributed by atoms with van der Waals surface area (Å²) in [5.41, 5.74) is -2.97. The largest absolute Gasteiger partial charge is 0.417 e. The molecule has 0 amide bonds. The van der Waals surface area contributed by atoms with Gasteiger partial charge in [0, 0.05) is 40.2 Å². The second-order valence-corrected chi connectivity index (χ2v) is 12.2. The van der Waals surface area contributed by atoms with Crippen LogP contribution in [0.1, 0.15) is 36.9 Å². The van der Waals surface area contributed by atoms with E-state index in [1.165, 1.54) is 10.6 Å². The Morgan fingerprint density at radius 3 is 2.29 bits per heavy atom. The topological polar surface area (TPSA) is 60.3 Å². The van der Waals surface area contributed by atoms with E-state index in [0.29, 0.717) is 13.2 Å². The van der Waals surface area contributed by atoms with E-state index in [1.807, 2.05) is 6.92 Å². The molecular weight excluding hydrogens is 541 g/mol. The van der Waals surface area contributed by atoms with E-state index in [4.69, 9.17) is 4.74 Å². The molecule has 0 bridgehead atoms. The predicted molar refractivity (Wildman–Crippen MR) is 125 cm³/mol. The minimum atomic E-state index is -5.07. The lowest BCUT2D eigenvalue weighted by molar-refractivity contribution is -0.152. The number of halogens is 7. The van der Waals surface area contributed by atoms with Crippen molar-refractivity contribution in [2.75, 3.05) is 13.2 Å². The van der Waals surface area contributed by atoms with Gasteiger partial charge in [-0.25, -0.2) is 12.8 Å². The molecule has 13 heteroatoms. The van der Waals surface area contributed by atoms with Crippen molar-refractivity contribution in [3.8, 4) is 11.1 Å². The standard InChI is InChI=1S/C25H23F7N2O3S/c1-23(12-37-13-23)11-34-10-18(22(25(30,31)32)33-38(35,36)14-6-7-14)17-8-20(26)16(9-21(17)34)15-4-2-3-5-19(15)24(27,28)29/h2-5,8-10,14,22,33H,6-7,11-13H2,1H3/t22-/m0/s1. The molecule has 2 aliphatic rings. The maximum Gasteiger partial charge on any atom is 0.417 e. The van der Waals surface area contributed by atoms with Crippen molar-refractivity contribution >= 4 is 20.9 Å². The first-order valence-electron chi connectivity index (χ1n) is 11.7. The van der Waals surface area contributed by atoms with Gasteiger partial charge in [-0.3, -0.25) is 0 Å². The highest BCUT2D eigenvalue weighted by molar-refractivity contribution is 7.90. The van der Waals surface area contributed by atoms with E-state index >= 15 is 4.39 Å². The summed E-state index contributed by atoms with van der Waals surface area (Å²) in [7, 11) is -4.31. The molecule has 1 aromatic heterocycles. The van der Waals surface area contributed by atoms with Crippen molar-refractivity contribution in [1.29, 1.82) is 0 Å². The first kappa shape index (κ1) is 26.9. The van der Waals surface area contributed by atoms with Crippen LogP contribution < -0.4 is 4.72 Å². The fourth-order valence-corrected chi connectivity index (χ4v) is 6.31. The number of hydrogen-bond acceptors (Lipinski definition) is 3. The van der Waals surface area contributed by atoms with E-state index in [1.54, 1.807) is 4.72 Å². The third-order valence-electron chi connectivity index (χ3n) is 6.86. The van der Waals surface area contributed by atoms with Gasteiger partial charge in [0.25, 0.3) is 0 Å². The average molecular weight is 565 g/mol. The minimum Gasteiger partial charge on any atom is -0.380 e. The van der Waals surface area contributed by atoms with Crippen LogP contribution in [0.4, 0.5) is 30.7 Å². The van der Waals surface area contributed by atoms with Crippen LogP contribution in [0.3, 0.4) is 0 Å². The fourth-order valence-electron chi connectivity index (χ4n) is 4.77. The van der Waals surface area contributed by atoms with E-state index in [-0.39, 0.29) is 30.3 Å². The van der Waals surface area contributed by atoms with Crippen molar-refractivity contribution in [1.82, 2.24) is 9.29 Å². The molecule has 3 aromatic rings.